The fraction of sp³-hybridized carbons (Fsp3) is 0.786. The van der Waals surface area contributed by atoms with Crippen LogP contribution in [0.5, 0.6) is 0 Å². The molecule has 21 heavy (non-hydrogen) atoms. The molecule has 0 bridgehead atoms. The minimum Gasteiger partial charge on any atom is -0.311 e. The first-order chi connectivity index (χ1) is 9.95. The van der Waals surface area contributed by atoms with E-state index in [-0.39, 0.29) is 6.04 Å². The Hall–Kier alpha value is -0.920. The number of rotatable bonds is 6. The average Bonchev–Trinajstić information content (AvgIpc) is 2.81. The van der Waals surface area contributed by atoms with Crippen molar-refractivity contribution in [3.63, 3.8) is 0 Å². The van der Waals surface area contributed by atoms with Gasteiger partial charge in [-0.25, -0.2) is 13.1 Å². The second-order valence-electron chi connectivity index (χ2n) is 5.89. The monoisotopic (exact) mass is 314 g/mol. The summed E-state index contributed by atoms with van der Waals surface area (Å²) in [5.74, 6) is 0.387. The van der Waals surface area contributed by atoms with Crippen LogP contribution in [-0.2, 0) is 16.6 Å². The Labute approximate surface area is 127 Å². The van der Waals surface area contributed by atoms with E-state index >= 15 is 0 Å². The van der Waals surface area contributed by atoms with Gasteiger partial charge < -0.3 is 5.32 Å². The zero-order chi connectivity index (χ0) is 15.5. The highest BCUT2D eigenvalue weighted by atomic mass is 32.2. The number of nitrogens with zero attached hydrogens (tertiary/aromatic N) is 1. The fourth-order valence-electron chi connectivity index (χ4n) is 2.94. The molecule has 1 aromatic rings. The zero-order valence-corrected chi connectivity index (χ0v) is 13.9. The maximum atomic E-state index is 12.7. The number of sulfonamides is 1. The van der Waals surface area contributed by atoms with Crippen molar-refractivity contribution in [2.45, 2.75) is 63.9 Å². The van der Waals surface area contributed by atoms with Crippen molar-refractivity contribution < 1.29 is 8.42 Å². The van der Waals surface area contributed by atoms with Crippen LogP contribution in [0.3, 0.4) is 0 Å². The van der Waals surface area contributed by atoms with Crippen molar-refractivity contribution >= 4 is 10.0 Å². The molecule has 2 unspecified atom stereocenters. The molecule has 0 aliphatic heterocycles. The Bertz CT molecular complexity index is 568. The molecule has 6 nitrogen and oxygen atoms in total. The summed E-state index contributed by atoms with van der Waals surface area (Å²) in [4.78, 5) is 0.307. The van der Waals surface area contributed by atoms with E-state index in [0.29, 0.717) is 28.7 Å². The topological polar surface area (TPSA) is 86.9 Å². The quantitative estimate of drug-likeness (QED) is 0.745. The number of hydrogen-bond donors (Lipinski definition) is 3. The SMILES string of the molecule is CCNCc1n[nH]c(C)c1S(=O)(=O)NC1CCCCC1C. The van der Waals surface area contributed by atoms with Gasteiger partial charge in [0.25, 0.3) is 0 Å². The van der Waals surface area contributed by atoms with Crippen molar-refractivity contribution in [3.05, 3.63) is 11.4 Å². The number of H-pyrrole nitrogens is 1. The summed E-state index contributed by atoms with van der Waals surface area (Å²) < 4.78 is 28.3. The molecule has 2 atom stereocenters. The van der Waals surface area contributed by atoms with Crippen LogP contribution < -0.4 is 10.0 Å². The highest BCUT2D eigenvalue weighted by Gasteiger charge is 2.30. The molecule has 1 fully saturated rings. The van der Waals surface area contributed by atoms with E-state index in [1.54, 1.807) is 6.92 Å². The van der Waals surface area contributed by atoms with E-state index in [9.17, 15) is 8.42 Å². The number of aryl methyl sites for hydroxylation is 1. The van der Waals surface area contributed by atoms with Crippen LogP contribution in [0.1, 0.15) is 50.9 Å². The van der Waals surface area contributed by atoms with Gasteiger partial charge in [0.2, 0.25) is 10.0 Å². The lowest BCUT2D eigenvalue weighted by atomic mass is 9.87. The average molecular weight is 314 g/mol. The van der Waals surface area contributed by atoms with E-state index in [4.69, 9.17) is 0 Å². The standard InChI is InChI=1S/C14H26N4O2S/c1-4-15-9-13-14(11(3)16-17-13)21(19,20)18-12-8-6-5-7-10(12)2/h10,12,15,18H,4-9H2,1-3H3,(H,16,17). The Balaban J connectivity index is 2.20. The van der Waals surface area contributed by atoms with Crippen molar-refractivity contribution in [3.8, 4) is 0 Å². The number of hydrogen-bond acceptors (Lipinski definition) is 4. The second kappa shape index (κ2) is 6.89. The number of aromatic amines is 1. The third-order valence-electron chi connectivity index (χ3n) is 4.19. The van der Waals surface area contributed by atoms with Gasteiger partial charge >= 0.3 is 0 Å². The van der Waals surface area contributed by atoms with Crippen LogP contribution in [0.4, 0.5) is 0 Å². The van der Waals surface area contributed by atoms with Crippen LogP contribution in [0.25, 0.3) is 0 Å². The van der Waals surface area contributed by atoms with Gasteiger partial charge in [-0.2, -0.15) is 5.10 Å². The van der Waals surface area contributed by atoms with E-state index in [0.717, 1.165) is 25.8 Å². The molecule has 1 heterocycles. The summed E-state index contributed by atoms with van der Waals surface area (Å²) in [6.45, 7) is 7.08. The summed E-state index contributed by atoms with van der Waals surface area (Å²) in [6.07, 6.45) is 4.28. The van der Waals surface area contributed by atoms with Gasteiger partial charge in [0.05, 0.1) is 11.4 Å². The Morgan fingerprint density at radius 2 is 2.05 bits per heavy atom. The van der Waals surface area contributed by atoms with Crippen LogP contribution in [0.15, 0.2) is 4.90 Å². The van der Waals surface area contributed by atoms with Crippen molar-refractivity contribution in [2.75, 3.05) is 6.54 Å². The molecule has 1 aromatic heterocycles. The lowest BCUT2D eigenvalue weighted by Crippen LogP contribution is -2.41. The second-order valence-corrected chi connectivity index (χ2v) is 7.55. The highest BCUT2D eigenvalue weighted by molar-refractivity contribution is 7.89. The molecule has 3 N–H and O–H groups in total. The van der Waals surface area contributed by atoms with Crippen LogP contribution >= 0.6 is 0 Å². The van der Waals surface area contributed by atoms with E-state index in [2.05, 4.69) is 27.2 Å². The Morgan fingerprint density at radius 1 is 1.33 bits per heavy atom. The van der Waals surface area contributed by atoms with E-state index in [1.165, 1.54) is 6.42 Å². The normalized spacial score (nSPS) is 23.4. The summed E-state index contributed by atoms with van der Waals surface area (Å²) >= 11 is 0. The fourth-order valence-corrected chi connectivity index (χ4v) is 4.68. The third-order valence-corrected chi connectivity index (χ3v) is 5.88. The largest absolute Gasteiger partial charge is 0.311 e. The van der Waals surface area contributed by atoms with Crippen molar-refractivity contribution in [1.29, 1.82) is 0 Å². The predicted molar refractivity (Wildman–Crippen MR) is 82.4 cm³/mol. The molecule has 0 radical (unpaired) electrons. The maximum Gasteiger partial charge on any atom is 0.244 e. The number of nitrogens with one attached hydrogen (secondary N) is 3. The van der Waals surface area contributed by atoms with Crippen molar-refractivity contribution in [2.24, 2.45) is 5.92 Å². The minimum absolute atomic E-state index is 0.0324. The minimum atomic E-state index is -3.52. The van der Waals surface area contributed by atoms with Gasteiger partial charge in [-0.15, -0.1) is 0 Å². The summed E-state index contributed by atoms with van der Waals surface area (Å²) in [5.41, 5.74) is 1.16. The first kappa shape index (κ1) is 16.5. The molecular weight excluding hydrogens is 288 g/mol. The predicted octanol–water partition coefficient (Wildman–Crippen LogP) is 1.68. The van der Waals surface area contributed by atoms with Gasteiger partial charge in [0.1, 0.15) is 4.90 Å². The van der Waals surface area contributed by atoms with Gasteiger partial charge in [-0.3, -0.25) is 5.10 Å². The van der Waals surface area contributed by atoms with E-state index in [1.807, 2.05) is 6.92 Å². The molecule has 0 aromatic carbocycles. The summed E-state index contributed by atoms with van der Waals surface area (Å²) in [6, 6.07) is 0.0324. The lowest BCUT2D eigenvalue weighted by molar-refractivity contribution is 0.310. The van der Waals surface area contributed by atoms with Gasteiger partial charge in [-0.1, -0.05) is 26.7 Å². The van der Waals surface area contributed by atoms with Crippen LogP contribution in [-0.4, -0.2) is 31.2 Å². The third kappa shape index (κ3) is 3.84. The first-order valence-corrected chi connectivity index (χ1v) is 9.21. The van der Waals surface area contributed by atoms with Gasteiger partial charge in [-0.05, 0) is 32.2 Å². The zero-order valence-electron chi connectivity index (χ0n) is 13.1. The summed E-state index contributed by atoms with van der Waals surface area (Å²) in [5, 5.41) is 10.0. The Kier molecular flexibility index (Phi) is 5.40. The molecule has 120 valence electrons. The molecular formula is C14H26N4O2S. The first-order valence-electron chi connectivity index (χ1n) is 7.72. The molecule has 1 saturated carbocycles. The van der Waals surface area contributed by atoms with Gasteiger partial charge in [0, 0.05) is 12.6 Å². The smallest absolute Gasteiger partial charge is 0.244 e. The molecule has 1 aliphatic rings. The molecule has 7 heteroatoms. The summed E-state index contributed by atoms with van der Waals surface area (Å²) in [7, 11) is -3.52. The van der Waals surface area contributed by atoms with Crippen molar-refractivity contribution in [1.82, 2.24) is 20.2 Å². The number of aromatic nitrogens is 2. The molecule has 1 aliphatic carbocycles. The molecule has 0 saturated heterocycles. The maximum absolute atomic E-state index is 12.7. The van der Waals surface area contributed by atoms with Gasteiger partial charge in [0.15, 0.2) is 0 Å². The molecule has 0 spiro atoms. The molecule has 2 rings (SSSR count). The van der Waals surface area contributed by atoms with Crippen LogP contribution in [0, 0.1) is 12.8 Å². The highest BCUT2D eigenvalue weighted by Crippen LogP contribution is 2.26. The van der Waals surface area contributed by atoms with E-state index < -0.39 is 10.0 Å². The Morgan fingerprint density at radius 3 is 2.71 bits per heavy atom. The lowest BCUT2D eigenvalue weighted by Gasteiger charge is -2.29. The molecule has 0 amide bonds. The van der Waals surface area contributed by atoms with Crippen LogP contribution in [0.2, 0.25) is 0 Å².